The largest absolute Gasteiger partial charge is 0.451 e. The number of esters is 1. The molecule has 0 atom stereocenters. The minimum atomic E-state index is -2.87. The highest BCUT2D eigenvalue weighted by atomic mass is 32.1. The van der Waals surface area contributed by atoms with Gasteiger partial charge in [0.25, 0.3) is 5.91 Å². The number of rotatable bonds is 9. The number of carbonyl (C=O) groups is 3. The third-order valence-corrected chi connectivity index (χ3v) is 4.54. The van der Waals surface area contributed by atoms with Crippen molar-refractivity contribution in [3.8, 4) is 5.75 Å². The van der Waals surface area contributed by atoms with E-state index in [1.54, 1.807) is 12.1 Å². The first-order valence-corrected chi connectivity index (χ1v) is 8.75. The Hall–Kier alpha value is -2.81. The van der Waals surface area contributed by atoms with Gasteiger partial charge in [-0.3, -0.25) is 9.59 Å². The molecule has 0 fully saturated rings. The van der Waals surface area contributed by atoms with Crippen LogP contribution in [0.2, 0.25) is 0 Å². The van der Waals surface area contributed by atoms with Crippen LogP contribution in [0.15, 0.2) is 36.4 Å². The van der Waals surface area contributed by atoms with E-state index >= 15 is 0 Å². The smallest absolute Gasteiger partial charge is 0.387 e. The predicted octanol–water partition coefficient (Wildman–Crippen LogP) is 3.07. The van der Waals surface area contributed by atoms with Crippen molar-refractivity contribution in [3.63, 3.8) is 0 Å². The first-order chi connectivity index (χ1) is 12.8. The quantitative estimate of drug-likeness (QED) is 0.520. The van der Waals surface area contributed by atoms with Crippen LogP contribution in [0.4, 0.5) is 8.78 Å². The molecule has 9 heteroatoms. The standard InChI is InChI=1S/C18H17F2NO5S/c1-11(22)14-6-7-15(27-14)17(24)25-10-16(23)21-9-8-12-2-4-13(5-3-12)26-18(19)20/h2-7,18H,8-10H2,1H3,(H,21,23). The molecule has 0 spiro atoms. The molecule has 27 heavy (non-hydrogen) atoms. The molecule has 0 aliphatic carbocycles. The van der Waals surface area contributed by atoms with Crippen molar-refractivity contribution in [1.82, 2.24) is 5.32 Å². The molecule has 2 aromatic rings. The van der Waals surface area contributed by atoms with Crippen LogP contribution in [-0.4, -0.2) is 37.4 Å². The zero-order valence-electron chi connectivity index (χ0n) is 14.4. The number of ether oxygens (including phenoxy) is 2. The molecule has 2 rings (SSSR count). The van der Waals surface area contributed by atoms with Crippen LogP contribution in [0.25, 0.3) is 0 Å². The van der Waals surface area contributed by atoms with Crippen LogP contribution in [-0.2, 0) is 16.0 Å². The lowest BCUT2D eigenvalue weighted by atomic mass is 10.1. The minimum absolute atomic E-state index is 0.0613. The van der Waals surface area contributed by atoms with Crippen molar-refractivity contribution < 1.29 is 32.6 Å². The first-order valence-electron chi connectivity index (χ1n) is 7.93. The highest BCUT2D eigenvalue weighted by molar-refractivity contribution is 7.15. The van der Waals surface area contributed by atoms with E-state index in [4.69, 9.17) is 4.74 Å². The lowest BCUT2D eigenvalue weighted by Crippen LogP contribution is -2.30. The van der Waals surface area contributed by atoms with Crippen LogP contribution < -0.4 is 10.1 Å². The number of thiophene rings is 1. The summed E-state index contributed by atoms with van der Waals surface area (Å²) in [6.07, 6.45) is 0.474. The monoisotopic (exact) mass is 397 g/mol. The van der Waals surface area contributed by atoms with Gasteiger partial charge in [-0.2, -0.15) is 8.78 Å². The molecule has 6 nitrogen and oxygen atoms in total. The second kappa shape index (κ2) is 9.77. The molecule has 0 saturated heterocycles. The number of Topliss-reactive ketones (excluding diaryl/α,β-unsaturated/α-hetero) is 1. The Balaban J connectivity index is 1.69. The second-order valence-electron chi connectivity index (χ2n) is 5.42. The average Bonchev–Trinajstić information content (AvgIpc) is 3.11. The van der Waals surface area contributed by atoms with Gasteiger partial charge in [-0.05, 0) is 43.2 Å². The molecule has 0 radical (unpaired) electrons. The molecule has 144 valence electrons. The number of hydrogen-bond donors (Lipinski definition) is 1. The lowest BCUT2D eigenvalue weighted by Gasteiger charge is -2.07. The van der Waals surface area contributed by atoms with Crippen LogP contribution >= 0.6 is 11.3 Å². The topological polar surface area (TPSA) is 81.7 Å². The third kappa shape index (κ3) is 6.78. The molecule has 0 aliphatic heterocycles. The van der Waals surface area contributed by atoms with E-state index in [1.807, 2.05) is 0 Å². The summed E-state index contributed by atoms with van der Waals surface area (Å²) in [5.74, 6) is -1.22. The molecule has 1 aromatic carbocycles. The normalized spacial score (nSPS) is 10.5. The Morgan fingerprint density at radius 1 is 1.07 bits per heavy atom. The maximum atomic E-state index is 12.1. The van der Waals surface area contributed by atoms with E-state index in [9.17, 15) is 23.2 Å². The Bertz CT molecular complexity index is 804. The Morgan fingerprint density at radius 2 is 1.74 bits per heavy atom. The van der Waals surface area contributed by atoms with Crippen LogP contribution in [0.5, 0.6) is 5.75 Å². The molecule has 1 amide bonds. The molecule has 1 N–H and O–H groups in total. The molecular weight excluding hydrogens is 380 g/mol. The van der Waals surface area contributed by atoms with Crippen molar-refractivity contribution in [1.29, 1.82) is 0 Å². The fraction of sp³-hybridized carbons (Fsp3) is 0.278. The lowest BCUT2D eigenvalue weighted by molar-refractivity contribution is -0.124. The summed E-state index contributed by atoms with van der Waals surface area (Å²) in [7, 11) is 0. The van der Waals surface area contributed by atoms with Gasteiger partial charge in [0.15, 0.2) is 12.4 Å². The maximum absolute atomic E-state index is 12.1. The van der Waals surface area contributed by atoms with Crippen molar-refractivity contribution in [2.24, 2.45) is 0 Å². The molecule has 0 unspecified atom stereocenters. The van der Waals surface area contributed by atoms with E-state index < -0.39 is 25.1 Å². The number of amides is 1. The summed E-state index contributed by atoms with van der Waals surface area (Å²) >= 11 is 1.01. The SMILES string of the molecule is CC(=O)c1ccc(C(=O)OCC(=O)NCCc2ccc(OC(F)F)cc2)s1. The van der Waals surface area contributed by atoms with Gasteiger partial charge < -0.3 is 14.8 Å². The highest BCUT2D eigenvalue weighted by Crippen LogP contribution is 2.18. The molecule has 0 saturated carbocycles. The zero-order chi connectivity index (χ0) is 19.8. The first kappa shape index (κ1) is 20.5. The van der Waals surface area contributed by atoms with Gasteiger partial charge in [0.1, 0.15) is 10.6 Å². The molecule has 0 bridgehead atoms. The van der Waals surface area contributed by atoms with Gasteiger partial charge in [-0.15, -0.1) is 11.3 Å². The van der Waals surface area contributed by atoms with E-state index in [2.05, 4.69) is 10.1 Å². The fourth-order valence-corrected chi connectivity index (χ4v) is 2.87. The summed E-state index contributed by atoms with van der Waals surface area (Å²) in [4.78, 5) is 35.4. The van der Waals surface area contributed by atoms with Crippen molar-refractivity contribution in [2.45, 2.75) is 20.0 Å². The summed E-state index contributed by atoms with van der Waals surface area (Å²) in [5.41, 5.74) is 0.823. The number of halogens is 2. The fourth-order valence-electron chi connectivity index (χ4n) is 2.07. The van der Waals surface area contributed by atoms with E-state index in [0.29, 0.717) is 17.8 Å². The van der Waals surface area contributed by atoms with E-state index in [-0.39, 0.29) is 16.4 Å². The maximum Gasteiger partial charge on any atom is 0.387 e. The van der Waals surface area contributed by atoms with E-state index in [0.717, 1.165) is 16.9 Å². The molecule has 1 aromatic heterocycles. The molecular formula is C18H17F2NO5S. The number of hydrogen-bond acceptors (Lipinski definition) is 6. The Labute approximate surface area is 158 Å². The molecule has 1 heterocycles. The van der Waals surface area contributed by atoms with E-state index in [1.165, 1.54) is 31.2 Å². The van der Waals surface area contributed by atoms with Gasteiger partial charge >= 0.3 is 12.6 Å². The van der Waals surface area contributed by atoms with Crippen LogP contribution in [0.3, 0.4) is 0 Å². The van der Waals surface area contributed by atoms with Crippen LogP contribution in [0, 0.1) is 0 Å². The van der Waals surface area contributed by atoms with Crippen LogP contribution in [0.1, 0.15) is 31.8 Å². The van der Waals surface area contributed by atoms with Crippen molar-refractivity contribution >= 4 is 29.0 Å². The Kier molecular flexibility index (Phi) is 7.42. The van der Waals surface area contributed by atoms with Gasteiger partial charge in [-0.25, -0.2) is 4.79 Å². The summed E-state index contributed by atoms with van der Waals surface area (Å²) < 4.78 is 33.3. The minimum Gasteiger partial charge on any atom is -0.451 e. The number of ketones is 1. The number of carbonyl (C=O) groups excluding carboxylic acids is 3. The third-order valence-electron chi connectivity index (χ3n) is 3.37. The summed E-state index contributed by atoms with van der Waals surface area (Å²) in [6, 6.07) is 9.08. The zero-order valence-corrected chi connectivity index (χ0v) is 15.2. The van der Waals surface area contributed by atoms with Gasteiger partial charge in [0, 0.05) is 6.54 Å². The van der Waals surface area contributed by atoms with Crippen molar-refractivity contribution in [3.05, 3.63) is 51.7 Å². The number of alkyl halides is 2. The molecule has 0 aliphatic rings. The summed E-state index contributed by atoms with van der Waals surface area (Å²) in [6.45, 7) is -1.62. The predicted molar refractivity (Wildman–Crippen MR) is 94.4 cm³/mol. The summed E-state index contributed by atoms with van der Waals surface area (Å²) in [5, 5.41) is 2.59. The number of nitrogens with one attached hydrogen (secondary N) is 1. The van der Waals surface area contributed by atoms with Gasteiger partial charge in [-0.1, -0.05) is 12.1 Å². The highest BCUT2D eigenvalue weighted by Gasteiger charge is 2.14. The van der Waals surface area contributed by atoms with Gasteiger partial charge in [0.2, 0.25) is 0 Å². The average molecular weight is 397 g/mol. The second-order valence-corrected chi connectivity index (χ2v) is 6.50. The van der Waals surface area contributed by atoms with Crippen molar-refractivity contribution in [2.75, 3.05) is 13.2 Å². The number of benzene rings is 1. The Morgan fingerprint density at radius 3 is 2.33 bits per heavy atom. The van der Waals surface area contributed by atoms with Gasteiger partial charge in [0.05, 0.1) is 4.88 Å².